The Hall–Kier alpha value is -1.88. The number of carboxylic acids is 1. The van der Waals surface area contributed by atoms with Crippen molar-refractivity contribution in [3.8, 4) is 0 Å². The number of ether oxygens (including phenoxy) is 1. The second kappa shape index (κ2) is 7.94. The van der Waals surface area contributed by atoms with E-state index in [1.807, 2.05) is 35.2 Å². The van der Waals surface area contributed by atoms with Crippen LogP contribution in [-0.2, 0) is 14.3 Å². The Morgan fingerprint density at radius 1 is 1.36 bits per heavy atom. The summed E-state index contributed by atoms with van der Waals surface area (Å²) < 4.78 is 5.40. The van der Waals surface area contributed by atoms with Gasteiger partial charge in [0.15, 0.2) is 6.10 Å². The van der Waals surface area contributed by atoms with Crippen LogP contribution in [0.15, 0.2) is 30.3 Å². The van der Waals surface area contributed by atoms with Gasteiger partial charge in [0.05, 0.1) is 0 Å². The maximum absolute atomic E-state index is 12.7. The zero-order chi connectivity index (χ0) is 15.9. The number of carboxylic acid groups (broad SMARTS) is 1. The summed E-state index contributed by atoms with van der Waals surface area (Å²) in [5.74, 6) is -0.543. The molecule has 1 aromatic rings. The highest BCUT2D eigenvalue weighted by Crippen LogP contribution is 2.25. The van der Waals surface area contributed by atoms with Crippen molar-refractivity contribution in [1.82, 2.24) is 4.90 Å². The SMILES string of the molecule is COC(C(=O)N1CCCC(CCC(=O)O)C1)c1ccccc1. The Labute approximate surface area is 130 Å². The van der Waals surface area contributed by atoms with Crippen molar-refractivity contribution in [3.05, 3.63) is 35.9 Å². The first-order valence-corrected chi connectivity index (χ1v) is 7.70. The third-order valence-electron chi connectivity index (χ3n) is 4.16. The number of methoxy groups -OCH3 is 1. The third-order valence-corrected chi connectivity index (χ3v) is 4.16. The van der Waals surface area contributed by atoms with E-state index >= 15 is 0 Å². The average Bonchev–Trinajstić information content (AvgIpc) is 2.55. The molecule has 0 saturated carbocycles. The van der Waals surface area contributed by atoms with Crippen LogP contribution >= 0.6 is 0 Å². The lowest BCUT2D eigenvalue weighted by Crippen LogP contribution is -2.42. The van der Waals surface area contributed by atoms with E-state index in [2.05, 4.69) is 0 Å². The number of nitrogens with zero attached hydrogens (tertiary/aromatic N) is 1. The fourth-order valence-corrected chi connectivity index (χ4v) is 3.00. The third kappa shape index (κ3) is 4.31. The summed E-state index contributed by atoms with van der Waals surface area (Å²) in [4.78, 5) is 25.2. The Bertz CT molecular complexity index is 503. The lowest BCUT2D eigenvalue weighted by molar-refractivity contribution is -0.144. The quantitative estimate of drug-likeness (QED) is 0.877. The van der Waals surface area contributed by atoms with Crippen LogP contribution in [0.4, 0.5) is 0 Å². The van der Waals surface area contributed by atoms with Crippen molar-refractivity contribution in [2.75, 3.05) is 20.2 Å². The predicted molar refractivity (Wildman–Crippen MR) is 82.4 cm³/mol. The van der Waals surface area contributed by atoms with Crippen molar-refractivity contribution in [2.24, 2.45) is 5.92 Å². The molecule has 1 fully saturated rings. The Kier molecular flexibility index (Phi) is 5.95. The van der Waals surface area contributed by atoms with Gasteiger partial charge in [0, 0.05) is 26.6 Å². The van der Waals surface area contributed by atoms with Crippen LogP contribution in [0.3, 0.4) is 0 Å². The van der Waals surface area contributed by atoms with Crippen LogP contribution in [0, 0.1) is 5.92 Å². The number of carbonyl (C=O) groups excluding carboxylic acids is 1. The number of hydrogen-bond donors (Lipinski definition) is 1. The number of hydrogen-bond acceptors (Lipinski definition) is 3. The van der Waals surface area contributed by atoms with E-state index in [1.54, 1.807) is 7.11 Å². The fraction of sp³-hybridized carbons (Fsp3) is 0.529. The van der Waals surface area contributed by atoms with Gasteiger partial charge in [-0.15, -0.1) is 0 Å². The van der Waals surface area contributed by atoms with Crippen LogP contribution in [0.2, 0.25) is 0 Å². The largest absolute Gasteiger partial charge is 0.481 e. The Morgan fingerprint density at radius 3 is 2.73 bits per heavy atom. The summed E-state index contributed by atoms with van der Waals surface area (Å²) in [5.41, 5.74) is 0.850. The van der Waals surface area contributed by atoms with Crippen LogP contribution < -0.4 is 0 Å². The molecule has 120 valence electrons. The second-order valence-corrected chi connectivity index (χ2v) is 5.75. The van der Waals surface area contributed by atoms with Crippen molar-refractivity contribution in [1.29, 1.82) is 0 Å². The molecule has 0 bridgehead atoms. The molecule has 1 aliphatic rings. The minimum atomic E-state index is -0.775. The van der Waals surface area contributed by atoms with Gasteiger partial charge < -0.3 is 14.7 Å². The fourth-order valence-electron chi connectivity index (χ4n) is 3.00. The summed E-state index contributed by atoms with van der Waals surface area (Å²) in [6.07, 6.45) is 2.11. The van der Waals surface area contributed by atoms with Crippen LogP contribution in [0.25, 0.3) is 0 Å². The van der Waals surface area contributed by atoms with Crippen molar-refractivity contribution in [2.45, 2.75) is 31.8 Å². The van der Waals surface area contributed by atoms with Gasteiger partial charge in [-0.1, -0.05) is 30.3 Å². The maximum atomic E-state index is 12.7. The molecule has 2 rings (SSSR count). The maximum Gasteiger partial charge on any atom is 0.303 e. The molecule has 5 nitrogen and oxygen atoms in total. The van der Waals surface area contributed by atoms with Gasteiger partial charge in [-0.3, -0.25) is 9.59 Å². The monoisotopic (exact) mass is 305 g/mol. The van der Waals surface area contributed by atoms with Crippen LogP contribution in [-0.4, -0.2) is 42.1 Å². The second-order valence-electron chi connectivity index (χ2n) is 5.75. The zero-order valence-corrected chi connectivity index (χ0v) is 12.9. The van der Waals surface area contributed by atoms with Gasteiger partial charge in [0.1, 0.15) is 0 Å². The molecule has 0 aromatic heterocycles. The number of aliphatic carboxylic acids is 1. The van der Waals surface area contributed by atoms with E-state index in [1.165, 1.54) is 0 Å². The summed E-state index contributed by atoms with van der Waals surface area (Å²) in [6, 6.07) is 9.46. The average molecular weight is 305 g/mol. The lowest BCUT2D eigenvalue weighted by atomic mass is 9.93. The smallest absolute Gasteiger partial charge is 0.303 e. The molecule has 1 aromatic carbocycles. The predicted octanol–water partition coefficient (Wildman–Crippen LogP) is 2.48. The van der Waals surface area contributed by atoms with Gasteiger partial charge in [-0.2, -0.15) is 0 Å². The minimum Gasteiger partial charge on any atom is -0.481 e. The Balaban J connectivity index is 1.99. The molecule has 2 unspecified atom stereocenters. The molecule has 1 N–H and O–H groups in total. The first kappa shape index (κ1) is 16.5. The van der Waals surface area contributed by atoms with E-state index in [9.17, 15) is 9.59 Å². The molecule has 5 heteroatoms. The molecule has 1 aliphatic heterocycles. The van der Waals surface area contributed by atoms with E-state index in [-0.39, 0.29) is 18.2 Å². The van der Waals surface area contributed by atoms with E-state index in [4.69, 9.17) is 9.84 Å². The highest BCUT2D eigenvalue weighted by Gasteiger charge is 2.29. The standard InChI is InChI=1S/C17H23NO4/c1-22-16(14-7-3-2-4-8-14)17(21)18-11-5-6-13(12-18)9-10-15(19)20/h2-4,7-8,13,16H,5-6,9-12H2,1H3,(H,19,20). The van der Waals surface area contributed by atoms with E-state index < -0.39 is 12.1 Å². The van der Waals surface area contributed by atoms with Crippen molar-refractivity contribution < 1.29 is 19.4 Å². The van der Waals surface area contributed by atoms with E-state index in [0.29, 0.717) is 13.0 Å². The molecule has 0 aliphatic carbocycles. The molecule has 2 atom stereocenters. The highest BCUT2D eigenvalue weighted by atomic mass is 16.5. The number of benzene rings is 1. The molecular weight excluding hydrogens is 282 g/mol. The normalized spacial score (nSPS) is 19.7. The number of amides is 1. The molecule has 1 amide bonds. The molecule has 1 saturated heterocycles. The van der Waals surface area contributed by atoms with Gasteiger partial charge in [-0.05, 0) is 30.7 Å². The first-order valence-electron chi connectivity index (χ1n) is 7.70. The molecule has 0 spiro atoms. The molecular formula is C17H23NO4. The Morgan fingerprint density at radius 2 is 2.09 bits per heavy atom. The van der Waals surface area contributed by atoms with Crippen molar-refractivity contribution in [3.63, 3.8) is 0 Å². The number of piperidine rings is 1. The van der Waals surface area contributed by atoms with Crippen LogP contribution in [0.5, 0.6) is 0 Å². The minimum absolute atomic E-state index is 0.0336. The topological polar surface area (TPSA) is 66.8 Å². The number of likely N-dealkylation sites (tertiary alicyclic amines) is 1. The summed E-state index contributed by atoms with van der Waals surface area (Å²) in [5, 5.41) is 8.79. The summed E-state index contributed by atoms with van der Waals surface area (Å²) >= 11 is 0. The lowest BCUT2D eigenvalue weighted by Gasteiger charge is -2.34. The van der Waals surface area contributed by atoms with Gasteiger partial charge >= 0.3 is 5.97 Å². The van der Waals surface area contributed by atoms with Gasteiger partial charge in [-0.25, -0.2) is 0 Å². The van der Waals surface area contributed by atoms with E-state index in [0.717, 1.165) is 24.9 Å². The molecule has 1 heterocycles. The molecule has 22 heavy (non-hydrogen) atoms. The van der Waals surface area contributed by atoms with Crippen molar-refractivity contribution >= 4 is 11.9 Å². The summed E-state index contributed by atoms with van der Waals surface area (Å²) in [7, 11) is 1.54. The summed E-state index contributed by atoms with van der Waals surface area (Å²) in [6.45, 7) is 1.34. The van der Waals surface area contributed by atoms with Gasteiger partial charge in [0.2, 0.25) is 0 Å². The number of rotatable bonds is 6. The highest BCUT2D eigenvalue weighted by molar-refractivity contribution is 5.82. The number of carbonyl (C=O) groups is 2. The van der Waals surface area contributed by atoms with Gasteiger partial charge in [0.25, 0.3) is 5.91 Å². The van der Waals surface area contributed by atoms with Crippen LogP contribution in [0.1, 0.15) is 37.4 Å². The zero-order valence-electron chi connectivity index (χ0n) is 12.9. The molecule has 0 radical (unpaired) electrons. The first-order chi connectivity index (χ1) is 10.6.